The van der Waals surface area contributed by atoms with Crippen molar-refractivity contribution in [2.45, 2.75) is 18.9 Å². The van der Waals surface area contributed by atoms with Crippen LogP contribution in [0.4, 0.5) is 0 Å². The summed E-state index contributed by atoms with van der Waals surface area (Å²) in [5, 5.41) is 0.543. The molecule has 0 aromatic heterocycles. The van der Waals surface area contributed by atoms with Gasteiger partial charge in [0.25, 0.3) is 0 Å². The molecule has 12 heavy (non-hydrogen) atoms. The second-order valence-corrected chi connectivity index (χ2v) is 3.96. The Bertz CT molecular complexity index is 170. The first kappa shape index (κ1) is 9.74. The molecule has 2 N–H and O–H groups in total. The van der Waals surface area contributed by atoms with Gasteiger partial charge in [-0.1, -0.05) is 0 Å². The lowest BCUT2D eigenvalue weighted by Gasteiger charge is -2.36. The topological polar surface area (TPSA) is 32.5 Å². The van der Waals surface area contributed by atoms with E-state index in [1.807, 2.05) is 0 Å². The van der Waals surface area contributed by atoms with Crippen LogP contribution >= 0.6 is 12.2 Å². The Morgan fingerprint density at radius 1 is 1.58 bits per heavy atom. The van der Waals surface area contributed by atoms with E-state index < -0.39 is 0 Å². The van der Waals surface area contributed by atoms with E-state index in [1.54, 1.807) is 0 Å². The van der Waals surface area contributed by atoms with Gasteiger partial charge < -0.3 is 15.5 Å². The molecular weight excluding hydrogens is 170 g/mol. The molecule has 0 radical (unpaired) electrons. The van der Waals surface area contributed by atoms with Crippen molar-refractivity contribution in [3.8, 4) is 0 Å². The quantitative estimate of drug-likeness (QED) is 0.597. The summed E-state index contributed by atoms with van der Waals surface area (Å²) < 4.78 is 0. The van der Waals surface area contributed by atoms with Crippen LogP contribution in [0.1, 0.15) is 12.8 Å². The largest absolute Gasteiger partial charge is 0.376 e. The fourth-order valence-corrected chi connectivity index (χ4v) is 1.74. The Balaban J connectivity index is 2.46. The van der Waals surface area contributed by atoms with Crippen LogP contribution in [0.5, 0.6) is 0 Å². The van der Waals surface area contributed by atoms with Gasteiger partial charge in [0.2, 0.25) is 0 Å². The zero-order valence-electron chi connectivity index (χ0n) is 7.79. The van der Waals surface area contributed by atoms with Crippen molar-refractivity contribution >= 4 is 17.3 Å². The first-order chi connectivity index (χ1) is 5.61. The molecular formula is C8H17N3S. The van der Waals surface area contributed by atoms with Gasteiger partial charge in [-0.3, -0.25) is 0 Å². The molecule has 1 unspecified atom stereocenters. The minimum absolute atomic E-state index is 0.543. The summed E-state index contributed by atoms with van der Waals surface area (Å²) in [6.45, 7) is 2.02. The summed E-state index contributed by atoms with van der Waals surface area (Å²) in [6, 6.07) is 0.611. The first-order valence-corrected chi connectivity index (χ1v) is 4.73. The van der Waals surface area contributed by atoms with Crippen molar-refractivity contribution in [2.24, 2.45) is 5.73 Å². The number of nitrogens with zero attached hydrogens (tertiary/aromatic N) is 2. The zero-order chi connectivity index (χ0) is 9.14. The Morgan fingerprint density at radius 2 is 2.25 bits per heavy atom. The van der Waals surface area contributed by atoms with Gasteiger partial charge in [-0.2, -0.15) is 0 Å². The molecule has 1 atom stereocenters. The van der Waals surface area contributed by atoms with E-state index in [0.717, 1.165) is 13.1 Å². The molecule has 1 rings (SSSR count). The Kier molecular flexibility index (Phi) is 3.29. The summed E-state index contributed by atoms with van der Waals surface area (Å²) in [6.07, 6.45) is 2.45. The SMILES string of the molecule is CN(C)C1CCCN(C(N)=S)C1. The van der Waals surface area contributed by atoms with E-state index in [-0.39, 0.29) is 0 Å². The number of nitrogens with two attached hydrogens (primary N) is 1. The summed E-state index contributed by atoms with van der Waals surface area (Å²) in [5.41, 5.74) is 5.57. The second kappa shape index (κ2) is 4.05. The molecule has 0 aromatic carbocycles. The maximum Gasteiger partial charge on any atom is 0.166 e. The zero-order valence-corrected chi connectivity index (χ0v) is 8.60. The van der Waals surface area contributed by atoms with Crippen molar-refractivity contribution < 1.29 is 0 Å². The summed E-state index contributed by atoms with van der Waals surface area (Å²) in [7, 11) is 4.21. The fourth-order valence-electron chi connectivity index (χ4n) is 1.58. The highest BCUT2D eigenvalue weighted by atomic mass is 32.1. The van der Waals surface area contributed by atoms with Crippen LogP contribution in [0.2, 0.25) is 0 Å². The van der Waals surface area contributed by atoms with Gasteiger partial charge in [0.05, 0.1) is 0 Å². The van der Waals surface area contributed by atoms with Gasteiger partial charge in [0.15, 0.2) is 5.11 Å². The first-order valence-electron chi connectivity index (χ1n) is 4.32. The standard InChI is InChI=1S/C8H17N3S/c1-10(2)7-4-3-5-11(6-7)8(9)12/h7H,3-6H2,1-2H3,(H2,9,12). The van der Waals surface area contributed by atoms with Gasteiger partial charge in [-0.25, -0.2) is 0 Å². The molecule has 0 amide bonds. The monoisotopic (exact) mass is 187 g/mol. The number of thiocarbonyl (C=S) groups is 1. The number of likely N-dealkylation sites (N-methyl/N-ethyl adjacent to an activating group) is 1. The molecule has 0 bridgehead atoms. The van der Waals surface area contributed by atoms with Gasteiger partial charge >= 0.3 is 0 Å². The van der Waals surface area contributed by atoms with Crippen LogP contribution in [0.15, 0.2) is 0 Å². The van der Waals surface area contributed by atoms with Gasteiger partial charge in [-0.05, 0) is 39.2 Å². The Labute approximate surface area is 79.5 Å². The van der Waals surface area contributed by atoms with Crippen LogP contribution in [-0.2, 0) is 0 Å². The maximum atomic E-state index is 5.57. The lowest BCUT2D eigenvalue weighted by atomic mass is 10.1. The van der Waals surface area contributed by atoms with Gasteiger partial charge in [0, 0.05) is 19.1 Å². The highest BCUT2D eigenvalue weighted by molar-refractivity contribution is 7.80. The molecule has 1 fully saturated rings. The average molecular weight is 187 g/mol. The van der Waals surface area contributed by atoms with Crippen molar-refractivity contribution in [3.05, 3.63) is 0 Å². The fraction of sp³-hybridized carbons (Fsp3) is 0.875. The summed E-state index contributed by atoms with van der Waals surface area (Å²) >= 11 is 4.94. The van der Waals surface area contributed by atoms with E-state index in [2.05, 4.69) is 23.9 Å². The van der Waals surface area contributed by atoms with Crippen LogP contribution in [0, 0.1) is 0 Å². The van der Waals surface area contributed by atoms with Crippen molar-refractivity contribution in [1.29, 1.82) is 0 Å². The molecule has 0 aliphatic carbocycles. The molecule has 1 saturated heterocycles. The highest BCUT2D eigenvalue weighted by Gasteiger charge is 2.21. The smallest absolute Gasteiger partial charge is 0.166 e. The Morgan fingerprint density at radius 3 is 2.75 bits per heavy atom. The van der Waals surface area contributed by atoms with Crippen molar-refractivity contribution in [2.75, 3.05) is 27.2 Å². The third kappa shape index (κ3) is 2.32. The molecule has 1 aliphatic rings. The van der Waals surface area contributed by atoms with Gasteiger partial charge in [0.1, 0.15) is 0 Å². The second-order valence-electron chi connectivity index (χ2n) is 3.54. The third-order valence-electron chi connectivity index (χ3n) is 2.44. The van der Waals surface area contributed by atoms with Crippen molar-refractivity contribution in [1.82, 2.24) is 9.80 Å². The number of piperidine rings is 1. The normalized spacial score (nSPS) is 24.6. The Hall–Kier alpha value is -0.350. The molecule has 1 heterocycles. The summed E-state index contributed by atoms with van der Waals surface area (Å²) in [5.74, 6) is 0. The average Bonchev–Trinajstić information content (AvgIpc) is 2.04. The number of rotatable bonds is 1. The highest BCUT2D eigenvalue weighted by Crippen LogP contribution is 2.12. The van der Waals surface area contributed by atoms with E-state index in [0.29, 0.717) is 11.2 Å². The van der Waals surface area contributed by atoms with E-state index in [9.17, 15) is 0 Å². The maximum absolute atomic E-state index is 5.57. The van der Waals surface area contributed by atoms with Crippen LogP contribution in [-0.4, -0.2) is 48.1 Å². The lowest BCUT2D eigenvalue weighted by molar-refractivity contribution is 0.185. The van der Waals surface area contributed by atoms with Crippen LogP contribution < -0.4 is 5.73 Å². The number of hydrogen-bond acceptors (Lipinski definition) is 2. The minimum Gasteiger partial charge on any atom is -0.376 e. The minimum atomic E-state index is 0.543. The number of likely N-dealkylation sites (tertiary alicyclic amines) is 1. The molecule has 3 nitrogen and oxygen atoms in total. The van der Waals surface area contributed by atoms with Crippen LogP contribution in [0.3, 0.4) is 0 Å². The molecule has 0 saturated carbocycles. The lowest BCUT2D eigenvalue weighted by Crippen LogP contribution is -2.49. The van der Waals surface area contributed by atoms with E-state index >= 15 is 0 Å². The predicted octanol–water partition coefficient (Wildman–Crippen LogP) is 0.256. The van der Waals surface area contributed by atoms with E-state index in [4.69, 9.17) is 18.0 Å². The summed E-state index contributed by atoms with van der Waals surface area (Å²) in [4.78, 5) is 4.33. The molecule has 1 aliphatic heterocycles. The molecule has 4 heteroatoms. The predicted molar refractivity (Wildman–Crippen MR) is 55.1 cm³/mol. The van der Waals surface area contributed by atoms with E-state index in [1.165, 1.54) is 12.8 Å². The molecule has 70 valence electrons. The van der Waals surface area contributed by atoms with Crippen LogP contribution in [0.25, 0.3) is 0 Å². The van der Waals surface area contributed by atoms with Crippen molar-refractivity contribution in [3.63, 3.8) is 0 Å². The molecule has 0 spiro atoms. The van der Waals surface area contributed by atoms with Gasteiger partial charge in [-0.15, -0.1) is 0 Å². The number of hydrogen-bond donors (Lipinski definition) is 1. The third-order valence-corrected chi connectivity index (χ3v) is 2.70. The molecule has 0 aromatic rings.